The van der Waals surface area contributed by atoms with Crippen LogP contribution in [-0.4, -0.2) is 90.7 Å². The summed E-state index contributed by atoms with van der Waals surface area (Å²) in [5, 5.41) is 15.0. The smallest absolute Gasteiger partial charge is 0.245 e. The summed E-state index contributed by atoms with van der Waals surface area (Å²) in [4.78, 5) is 32.9. The van der Waals surface area contributed by atoms with Crippen molar-refractivity contribution < 1.29 is 9.59 Å². The minimum atomic E-state index is -0.184. The van der Waals surface area contributed by atoms with Gasteiger partial charge in [0, 0.05) is 56.4 Å². The highest BCUT2D eigenvalue weighted by Crippen LogP contribution is 2.34. The minimum Gasteiger partial charge on any atom is -0.339 e. The fourth-order valence-electron chi connectivity index (χ4n) is 6.01. The van der Waals surface area contributed by atoms with Gasteiger partial charge in [-0.3, -0.25) is 28.6 Å². The predicted octanol–water partition coefficient (Wildman–Crippen LogP) is 5.02. The molecule has 44 heavy (non-hydrogen) atoms. The quantitative estimate of drug-likeness (QED) is 0.259. The largest absolute Gasteiger partial charge is 0.339 e. The van der Waals surface area contributed by atoms with Crippen LogP contribution < -0.4 is 4.90 Å². The number of hydrogen-bond donors (Lipinski definition) is 0. The molecule has 13 heteroatoms. The lowest BCUT2D eigenvalue weighted by Crippen LogP contribution is -2.58. The number of amides is 2. The third kappa shape index (κ3) is 6.10. The van der Waals surface area contributed by atoms with Gasteiger partial charge in [0.2, 0.25) is 11.8 Å². The second-order valence-corrected chi connectivity index (χ2v) is 13.0. The van der Waals surface area contributed by atoms with Crippen LogP contribution in [0, 0.1) is 13.8 Å². The van der Waals surface area contributed by atoms with Crippen molar-refractivity contribution in [3.63, 3.8) is 0 Å². The van der Waals surface area contributed by atoms with Crippen molar-refractivity contribution in [1.82, 2.24) is 34.3 Å². The number of aromatic nitrogens is 5. The molecule has 2 aliphatic rings. The molecule has 6 rings (SSSR count). The first kappa shape index (κ1) is 30.6. The van der Waals surface area contributed by atoms with Crippen molar-refractivity contribution in [2.75, 3.05) is 43.4 Å². The van der Waals surface area contributed by atoms with Gasteiger partial charge in [-0.25, -0.2) is 0 Å². The number of anilines is 1. The predicted molar refractivity (Wildman–Crippen MR) is 174 cm³/mol. The van der Waals surface area contributed by atoms with Gasteiger partial charge in [0.25, 0.3) is 0 Å². The summed E-state index contributed by atoms with van der Waals surface area (Å²) in [5.74, 6) is 1.78. The van der Waals surface area contributed by atoms with Crippen molar-refractivity contribution >= 4 is 52.6 Å². The highest BCUT2D eigenvalue weighted by atomic mass is 35.5. The maximum Gasteiger partial charge on any atom is 0.245 e. The van der Waals surface area contributed by atoms with Gasteiger partial charge in [0.05, 0.1) is 28.2 Å². The normalized spacial score (nSPS) is 17.8. The molecule has 1 atom stereocenters. The zero-order valence-electron chi connectivity index (χ0n) is 24.9. The third-order valence-corrected chi connectivity index (χ3v) is 9.72. The van der Waals surface area contributed by atoms with Crippen LogP contribution in [-0.2, 0) is 16.6 Å². The summed E-state index contributed by atoms with van der Waals surface area (Å²) in [6, 6.07) is 15.0. The molecule has 0 spiro atoms. The van der Waals surface area contributed by atoms with Crippen LogP contribution in [0.5, 0.6) is 0 Å². The topological polar surface area (TPSA) is 92.4 Å². The van der Waals surface area contributed by atoms with E-state index in [1.54, 1.807) is 16.8 Å². The SMILES string of the molecule is Cc1cc(N2CCCC(N3CCN(C(=O)CSc4nnc(-c5ccc(Cl)cc5Cl)n4-c4ccccc4C)CC3)C2=O)n(C)n1. The number of benzene rings is 2. The Bertz CT molecular complexity index is 1700. The van der Waals surface area contributed by atoms with Crippen LogP contribution in [0.2, 0.25) is 10.0 Å². The average molecular weight is 654 g/mol. The van der Waals surface area contributed by atoms with Gasteiger partial charge in [0.15, 0.2) is 11.0 Å². The summed E-state index contributed by atoms with van der Waals surface area (Å²) in [5.41, 5.74) is 3.55. The van der Waals surface area contributed by atoms with Crippen molar-refractivity contribution in [2.45, 2.75) is 37.9 Å². The van der Waals surface area contributed by atoms with E-state index in [1.807, 2.05) is 71.7 Å². The van der Waals surface area contributed by atoms with Gasteiger partial charge in [-0.05, 0) is 56.5 Å². The number of hydrogen-bond acceptors (Lipinski definition) is 7. The Hall–Kier alpha value is -3.38. The summed E-state index contributed by atoms with van der Waals surface area (Å²) < 4.78 is 3.72. The van der Waals surface area contributed by atoms with E-state index in [-0.39, 0.29) is 23.6 Å². The molecule has 2 aromatic carbocycles. The number of rotatable bonds is 7. The summed E-state index contributed by atoms with van der Waals surface area (Å²) >= 11 is 14.1. The van der Waals surface area contributed by atoms with Crippen LogP contribution in [0.3, 0.4) is 0 Å². The Kier molecular flexibility index (Phi) is 9.00. The first-order valence-electron chi connectivity index (χ1n) is 14.6. The van der Waals surface area contributed by atoms with Gasteiger partial charge in [-0.15, -0.1) is 10.2 Å². The Morgan fingerprint density at radius 1 is 1.00 bits per heavy atom. The molecule has 0 saturated carbocycles. The van der Waals surface area contributed by atoms with E-state index in [4.69, 9.17) is 23.2 Å². The molecule has 2 amide bonds. The molecule has 2 saturated heterocycles. The number of carbonyl (C=O) groups excluding carboxylic acids is 2. The monoisotopic (exact) mass is 652 g/mol. The first-order chi connectivity index (χ1) is 21.2. The van der Waals surface area contributed by atoms with Crippen LogP contribution in [0.4, 0.5) is 5.82 Å². The summed E-state index contributed by atoms with van der Waals surface area (Å²) in [6.07, 6.45) is 1.76. The minimum absolute atomic E-state index is 0.0296. The molecule has 230 valence electrons. The molecule has 4 aromatic rings. The lowest BCUT2D eigenvalue weighted by Gasteiger charge is -2.42. The maximum atomic E-state index is 13.5. The molecule has 2 aromatic heterocycles. The van der Waals surface area contributed by atoms with E-state index >= 15 is 0 Å². The van der Waals surface area contributed by atoms with Crippen molar-refractivity contribution in [2.24, 2.45) is 7.05 Å². The van der Waals surface area contributed by atoms with Gasteiger partial charge in [-0.2, -0.15) is 5.10 Å². The van der Waals surface area contributed by atoms with Gasteiger partial charge < -0.3 is 4.90 Å². The average Bonchev–Trinajstić information content (AvgIpc) is 3.58. The molecule has 2 aliphatic heterocycles. The molecular weight excluding hydrogens is 619 g/mol. The van der Waals surface area contributed by atoms with Gasteiger partial charge in [0.1, 0.15) is 5.82 Å². The number of halogens is 2. The van der Waals surface area contributed by atoms with E-state index in [1.165, 1.54) is 11.8 Å². The van der Waals surface area contributed by atoms with E-state index in [9.17, 15) is 9.59 Å². The van der Waals surface area contributed by atoms with Crippen LogP contribution >= 0.6 is 35.0 Å². The zero-order chi connectivity index (χ0) is 31.0. The fourth-order valence-corrected chi connectivity index (χ4v) is 7.35. The molecule has 0 aliphatic carbocycles. The number of para-hydroxylation sites is 1. The lowest BCUT2D eigenvalue weighted by molar-refractivity contribution is -0.132. The Morgan fingerprint density at radius 3 is 2.48 bits per heavy atom. The number of piperazine rings is 1. The van der Waals surface area contributed by atoms with Crippen molar-refractivity contribution in [3.05, 3.63) is 69.8 Å². The molecule has 4 heterocycles. The second kappa shape index (κ2) is 12.9. The standard InChI is InChI=1S/C31H34Cl2N8O2S/c1-20-7-4-5-8-25(20)41-29(23-11-10-22(32)18-24(23)33)34-35-31(41)44-19-28(42)39-15-13-38(14-16-39)26-9-6-12-40(30(26)43)27-17-21(2)36-37(27)3/h4-5,7-8,10-11,17-18,26H,6,9,12-16,19H2,1-3H3. The van der Waals surface area contributed by atoms with Gasteiger partial charge in [-0.1, -0.05) is 53.2 Å². The number of piperidine rings is 1. The third-order valence-electron chi connectivity index (χ3n) is 8.26. The van der Waals surface area contributed by atoms with E-state index in [2.05, 4.69) is 20.2 Å². The Morgan fingerprint density at radius 2 is 1.77 bits per heavy atom. The highest BCUT2D eigenvalue weighted by molar-refractivity contribution is 7.99. The molecule has 2 fully saturated rings. The molecular formula is C31H34Cl2N8O2S. The van der Waals surface area contributed by atoms with Crippen molar-refractivity contribution in [1.29, 1.82) is 0 Å². The number of nitrogens with zero attached hydrogens (tertiary/aromatic N) is 8. The molecule has 0 N–H and O–H groups in total. The zero-order valence-corrected chi connectivity index (χ0v) is 27.2. The lowest BCUT2D eigenvalue weighted by atomic mass is 10.0. The van der Waals surface area contributed by atoms with Crippen LogP contribution in [0.25, 0.3) is 17.1 Å². The van der Waals surface area contributed by atoms with Gasteiger partial charge >= 0.3 is 0 Å². The Balaban J connectivity index is 1.12. The molecule has 1 unspecified atom stereocenters. The number of thioether (sulfide) groups is 1. The van der Waals surface area contributed by atoms with E-state index < -0.39 is 0 Å². The van der Waals surface area contributed by atoms with Crippen LogP contribution in [0.1, 0.15) is 24.1 Å². The number of aryl methyl sites for hydroxylation is 3. The molecule has 0 bridgehead atoms. The van der Waals surface area contributed by atoms with E-state index in [0.717, 1.165) is 35.6 Å². The summed E-state index contributed by atoms with van der Waals surface area (Å²) in [6.45, 7) is 7.12. The van der Waals surface area contributed by atoms with Crippen molar-refractivity contribution in [3.8, 4) is 17.1 Å². The van der Waals surface area contributed by atoms with E-state index in [0.29, 0.717) is 59.3 Å². The number of carbonyl (C=O) groups is 2. The summed E-state index contributed by atoms with van der Waals surface area (Å²) in [7, 11) is 1.87. The second-order valence-electron chi connectivity index (χ2n) is 11.2. The molecule has 0 radical (unpaired) electrons. The molecule has 10 nitrogen and oxygen atoms in total. The maximum absolute atomic E-state index is 13.5. The fraction of sp³-hybridized carbons (Fsp3) is 0.387. The first-order valence-corrected chi connectivity index (χ1v) is 16.4. The Labute approximate surface area is 270 Å². The van der Waals surface area contributed by atoms with Crippen LogP contribution in [0.15, 0.2) is 53.7 Å². The highest BCUT2D eigenvalue weighted by Gasteiger charge is 2.37.